The summed E-state index contributed by atoms with van der Waals surface area (Å²) in [5, 5.41) is 3.38. The molecule has 0 spiro atoms. The van der Waals surface area contributed by atoms with Gasteiger partial charge in [0.1, 0.15) is 0 Å². The van der Waals surface area contributed by atoms with E-state index in [9.17, 15) is 0 Å². The first-order valence-corrected chi connectivity index (χ1v) is 8.66. The van der Waals surface area contributed by atoms with Gasteiger partial charge in [-0.2, -0.15) is 0 Å². The topological polar surface area (TPSA) is 18.3 Å². The fraction of sp³-hybridized carbons (Fsp3) is 0.286. The summed E-state index contributed by atoms with van der Waals surface area (Å²) < 4.78 is 2.45. The minimum Gasteiger partial charge on any atom is -0.292 e. The van der Waals surface area contributed by atoms with Gasteiger partial charge in [-0.3, -0.25) is 14.8 Å². The summed E-state index contributed by atoms with van der Waals surface area (Å²) >= 11 is 0. The van der Waals surface area contributed by atoms with E-state index in [4.69, 9.17) is 0 Å². The smallest absolute Gasteiger partial charge is 0.276 e. The summed E-state index contributed by atoms with van der Waals surface area (Å²) in [5.74, 6) is 1.23. The molecule has 3 heteroatoms. The standard InChI is InChI=1S/C21H25N3/c1-22-21(20-12-6-3-7-13-20)24-17-15-23(16-18-24)14-8-11-19-9-4-2-5-10-19/h2-13H,14-18H2,1H3/p+1/b11-8+. The second-order valence-electron chi connectivity index (χ2n) is 6.07. The van der Waals surface area contributed by atoms with Crippen LogP contribution in [0.1, 0.15) is 11.1 Å². The molecular formula is C21H26N3+. The van der Waals surface area contributed by atoms with Gasteiger partial charge in [-0.05, 0) is 17.7 Å². The minimum atomic E-state index is 1.02. The van der Waals surface area contributed by atoms with Gasteiger partial charge in [-0.1, -0.05) is 60.7 Å². The van der Waals surface area contributed by atoms with Crippen LogP contribution in [-0.2, 0) is 0 Å². The summed E-state index contributed by atoms with van der Waals surface area (Å²) in [6.45, 7) is 5.33. The van der Waals surface area contributed by atoms with Gasteiger partial charge < -0.3 is 0 Å². The van der Waals surface area contributed by atoms with Crippen molar-refractivity contribution in [3.8, 4) is 0 Å². The molecular weight excluding hydrogens is 294 g/mol. The highest BCUT2D eigenvalue weighted by Gasteiger charge is 2.20. The van der Waals surface area contributed by atoms with E-state index in [0.717, 1.165) is 32.7 Å². The monoisotopic (exact) mass is 320 g/mol. The molecule has 2 aromatic carbocycles. The van der Waals surface area contributed by atoms with Crippen molar-refractivity contribution < 1.29 is 4.58 Å². The third-order valence-electron chi connectivity index (χ3n) is 4.45. The van der Waals surface area contributed by atoms with Gasteiger partial charge in [0, 0.05) is 19.6 Å². The molecule has 1 heterocycles. The third kappa shape index (κ3) is 4.33. The third-order valence-corrected chi connectivity index (χ3v) is 4.45. The highest BCUT2D eigenvalue weighted by Crippen LogP contribution is 2.05. The average Bonchev–Trinajstić information content (AvgIpc) is 2.65. The van der Waals surface area contributed by atoms with Crippen LogP contribution in [0.25, 0.3) is 6.08 Å². The van der Waals surface area contributed by atoms with Crippen molar-refractivity contribution in [1.82, 2.24) is 10.2 Å². The van der Waals surface area contributed by atoms with Crippen LogP contribution in [-0.4, -0.2) is 55.1 Å². The number of nitrogens with one attached hydrogen (secondary N) is 1. The first kappa shape index (κ1) is 16.5. The molecule has 24 heavy (non-hydrogen) atoms. The molecule has 1 aliphatic rings. The summed E-state index contributed by atoms with van der Waals surface area (Å²) in [6.07, 6.45) is 4.48. The Morgan fingerprint density at radius 2 is 1.62 bits per heavy atom. The van der Waals surface area contributed by atoms with E-state index in [-0.39, 0.29) is 0 Å². The highest BCUT2D eigenvalue weighted by molar-refractivity contribution is 5.94. The first-order valence-electron chi connectivity index (χ1n) is 8.66. The van der Waals surface area contributed by atoms with Crippen LogP contribution in [0.4, 0.5) is 0 Å². The number of rotatable bonds is 4. The molecule has 3 nitrogen and oxygen atoms in total. The van der Waals surface area contributed by atoms with Gasteiger partial charge in [-0.15, -0.1) is 0 Å². The predicted molar refractivity (Wildman–Crippen MR) is 102 cm³/mol. The Kier molecular flexibility index (Phi) is 5.80. The van der Waals surface area contributed by atoms with Crippen molar-refractivity contribution in [1.29, 1.82) is 0 Å². The van der Waals surface area contributed by atoms with Gasteiger partial charge in [0.15, 0.2) is 0 Å². The quantitative estimate of drug-likeness (QED) is 0.690. The number of hydrogen-bond acceptors (Lipinski definition) is 1. The van der Waals surface area contributed by atoms with E-state index in [2.05, 4.69) is 87.6 Å². The molecule has 0 bridgehead atoms. The van der Waals surface area contributed by atoms with Gasteiger partial charge >= 0.3 is 0 Å². The Balaban J connectivity index is 1.57. The molecule has 0 saturated carbocycles. The normalized spacial score (nSPS) is 15.6. The van der Waals surface area contributed by atoms with Crippen molar-refractivity contribution in [2.24, 2.45) is 0 Å². The largest absolute Gasteiger partial charge is 0.292 e. The van der Waals surface area contributed by atoms with Crippen LogP contribution < -0.4 is 5.32 Å². The number of hydrogen-bond donors (Lipinski definition) is 1. The lowest BCUT2D eigenvalue weighted by Crippen LogP contribution is -2.46. The van der Waals surface area contributed by atoms with Crippen molar-refractivity contribution in [2.45, 2.75) is 0 Å². The van der Waals surface area contributed by atoms with Gasteiger partial charge in [0.05, 0.1) is 25.7 Å². The maximum absolute atomic E-state index is 3.38. The van der Waals surface area contributed by atoms with E-state index in [1.165, 1.54) is 17.0 Å². The van der Waals surface area contributed by atoms with Crippen molar-refractivity contribution in [2.75, 3.05) is 39.8 Å². The van der Waals surface area contributed by atoms with Crippen molar-refractivity contribution in [3.05, 3.63) is 77.9 Å². The second-order valence-corrected chi connectivity index (χ2v) is 6.07. The van der Waals surface area contributed by atoms with Crippen LogP contribution in [0.2, 0.25) is 0 Å². The Morgan fingerprint density at radius 1 is 1.00 bits per heavy atom. The molecule has 0 radical (unpaired) electrons. The highest BCUT2D eigenvalue weighted by atomic mass is 15.2. The van der Waals surface area contributed by atoms with E-state index in [1.807, 2.05) is 7.05 Å². The van der Waals surface area contributed by atoms with Crippen LogP contribution in [0.15, 0.2) is 66.7 Å². The van der Waals surface area contributed by atoms with E-state index >= 15 is 0 Å². The number of amidine groups is 1. The predicted octanol–water partition coefficient (Wildman–Crippen LogP) is 2.69. The number of benzene rings is 2. The molecule has 0 unspecified atom stereocenters. The molecule has 0 amide bonds. The Hall–Kier alpha value is -2.39. The summed E-state index contributed by atoms with van der Waals surface area (Å²) in [7, 11) is 2.01. The van der Waals surface area contributed by atoms with Gasteiger partial charge in [-0.25, -0.2) is 0 Å². The molecule has 1 N–H and O–H groups in total. The zero-order valence-corrected chi connectivity index (χ0v) is 14.4. The lowest BCUT2D eigenvalue weighted by Gasteiger charge is -2.27. The van der Waals surface area contributed by atoms with E-state index in [1.54, 1.807) is 0 Å². The lowest BCUT2D eigenvalue weighted by atomic mass is 10.2. The maximum atomic E-state index is 3.38. The lowest BCUT2D eigenvalue weighted by molar-refractivity contribution is -0.540. The molecule has 0 atom stereocenters. The molecule has 0 aliphatic carbocycles. The first-order chi connectivity index (χ1) is 11.9. The van der Waals surface area contributed by atoms with Crippen LogP contribution in [0.3, 0.4) is 0 Å². The summed E-state index contributed by atoms with van der Waals surface area (Å²) in [4.78, 5) is 2.51. The summed E-state index contributed by atoms with van der Waals surface area (Å²) in [6, 6.07) is 21.1. The van der Waals surface area contributed by atoms with Crippen molar-refractivity contribution >= 4 is 11.9 Å². The molecule has 124 valence electrons. The Bertz CT molecular complexity index is 680. The minimum absolute atomic E-state index is 1.02. The fourth-order valence-corrected chi connectivity index (χ4v) is 3.14. The van der Waals surface area contributed by atoms with Crippen LogP contribution >= 0.6 is 0 Å². The molecule has 1 aliphatic heterocycles. The Morgan fingerprint density at radius 3 is 2.25 bits per heavy atom. The molecule has 3 rings (SSSR count). The second kappa shape index (κ2) is 8.46. The number of nitrogens with zero attached hydrogens (tertiary/aromatic N) is 2. The van der Waals surface area contributed by atoms with Gasteiger partial charge in [0.25, 0.3) is 5.84 Å². The SMILES string of the molecule is CNC(c1ccccc1)=[N+]1CCN(C/C=C/c2ccccc2)CC1. The molecule has 2 aromatic rings. The molecule has 0 aromatic heterocycles. The van der Waals surface area contributed by atoms with Crippen LogP contribution in [0.5, 0.6) is 0 Å². The molecule has 1 fully saturated rings. The van der Waals surface area contributed by atoms with Crippen molar-refractivity contribution in [3.63, 3.8) is 0 Å². The maximum Gasteiger partial charge on any atom is 0.276 e. The number of piperazine rings is 1. The van der Waals surface area contributed by atoms with Gasteiger partial charge in [0.2, 0.25) is 0 Å². The Labute approximate surface area is 144 Å². The zero-order chi connectivity index (χ0) is 16.6. The fourth-order valence-electron chi connectivity index (χ4n) is 3.14. The summed E-state index contributed by atoms with van der Waals surface area (Å²) in [5.41, 5.74) is 2.53. The van der Waals surface area contributed by atoms with E-state index in [0.29, 0.717) is 0 Å². The average molecular weight is 320 g/mol. The van der Waals surface area contributed by atoms with Crippen LogP contribution in [0, 0.1) is 0 Å². The van der Waals surface area contributed by atoms with E-state index < -0.39 is 0 Å². The molecule has 1 saturated heterocycles. The zero-order valence-electron chi connectivity index (χ0n) is 14.4.